The summed E-state index contributed by atoms with van der Waals surface area (Å²) in [4.78, 5) is 2.22. The summed E-state index contributed by atoms with van der Waals surface area (Å²) in [5.41, 5.74) is 1.14. The van der Waals surface area contributed by atoms with E-state index in [4.69, 9.17) is 0 Å². The minimum atomic E-state index is -1.24. The summed E-state index contributed by atoms with van der Waals surface area (Å²) in [6.45, 7) is 5.62. The molecule has 1 aromatic carbocycles. The van der Waals surface area contributed by atoms with Crippen molar-refractivity contribution in [1.82, 2.24) is 0 Å². The molecule has 0 saturated carbocycles. The van der Waals surface area contributed by atoms with Crippen LogP contribution in [0.15, 0.2) is 58.2 Å². The van der Waals surface area contributed by atoms with Crippen molar-refractivity contribution in [2.75, 3.05) is 0 Å². The Morgan fingerprint density at radius 3 is 2.68 bits per heavy atom. The highest BCUT2D eigenvalue weighted by Crippen LogP contribution is 2.31. The Balaban J connectivity index is 2.32. The fourth-order valence-electron chi connectivity index (χ4n) is 1.76. The van der Waals surface area contributed by atoms with Gasteiger partial charge in [-0.15, -0.1) is 17.9 Å². The molecule has 0 aliphatic carbocycles. The molecule has 0 saturated heterocycles. The first-order chi connectivity index (χ1) is 9.13. The van der Waals surface area contributed by atoms with Crippen molar-refractivity contribution in [3.63, 3.8) is 0 Å². The van der Waals surface area contributed by atoms with Crippen LogP contribution in [0.4, 0.5) is 0 Å². The number of aliphatic hydroxyl groups is 1. The van der Waals surface area contributed by atoms with Crippen LogP contribution in [0.3, 0.4) is 0 Å². The van der Waals surface area contributed by atoms with Crippen molar-refractivity contribution in [1.29, 1.82) is 0 Å². The van der Waals surface area contributed by atoms with E-state index in [2.05, 4.69) is 6.58 Å². The number of rotatable bonds is 5. The van der Waals surface area contributed by atoms with E-state index in [1.165, 1.54) is 11.3 Å². The fraction of sp³-hybridized carbons (Fsp3) is 0.200. The van der Waals surface area contributed by atoms with Crippen LogP contribution in [0, 0.1) is 6.92 Å². The summed E-state index contributed by atoms with van der Waals surface area (Å²) in [6.07, 6.45) is 1.52. The maximum absolute atomic E-state index is 12.5. The van der Waals surface area contributed by atoms with Gasteiger partial charge in [0.05, 0.1) is 21.8 Å². The first kappa shape index (κ1) is 14.2. The molecule has 1 N–H and O–H groups in total. The van der Waals surface area contributed by atoms with Gasteiger partial charge in [-0.1, -0.05) is 23.8 Å². The first-order valence-corrected chi connectivity index (χ1v) is 8.01. The standard InChI is InChI=1S/C15H16O2S2/c1-3-4-13(16)15-14(9-10-18-15)19(17)12-7-5-11(2)6-8-12/h3,5-10,13,16H,1,4H2,2H3/t13-,19?/m1/s1. The molecule has 2 aromatic rings. The minimum Gasteiger partial charge on any atom is -0.387 e. The van der Waals surface area contributed by atoms with Gasteiger partial charge in [-0.3, -0.25) is 0 Å². The summed E-state index contributed by atoms with van der Waals surface area (Å²) in [6, 6.07) is 9.45. The second-order valence-corrected chi connectivity index (χ2v) is 6.67. The molecule has 4 heteroatoms. The Labute approximate surface area is 119 Å². The molecular weight excluding hydrogens is 276 g/mol. The predicted molar refractivity (Wildman–Crippen MR) is 79.9 cm³/mol. The Morgan fingerprint density at radius 1 is 1.37 bits per heavy atom. The third-order valence-electron chi connectivity index (χ3n) is 2.78. The van der Waals surface area contributed by atoms with Crippen molar-refractivity contribution < 1.29 is 9.32 Å². The van der Waals surface area contributed by atoms with Gasteiger partial charge in [0.15, 0.2) is 0 Å². The molecule has 0 radical (unpaired) electrons. The van der Waals surface area contributed by atoms with E-state index >= 15 is 0 Å². The number of aliphatic hydroxyl groups excluding tert-OH is 1. The summed E-state index contributed by atoms with van der Waals surface area (Å²) in [7, 11) is -1.24. The van der Waals surface area contributed by atoms with Gasteiger partial charge in [0, 0.05) is 9.77 Å². The van der Waals surface area contributed by atoms with Crippen molar-refractivity contribution in [2.45, 2.75) is 29.2 Å². The maximum Gasteiger partial charge on any atom is 0.0928 e. The lowest BCUT2D eigenvalue weighted by molar-refractivity contribution is 0.183. The van der Waals surface area contributed by atoms with Crippen molar-refractivity contribution in [3.05, 3.63) is 58.8 Å². The van der Waals surface area contributed by atoms with E-state index in [0.29, 0.717) is 11.3 Å². The van der Waals surface area contributed by atoms with Gasteiger partial charge in [0.2, 0.25) is 0 Å². The largest absolute Gasteiger partial charge is 0.387 e. The van der Waals surface area contributed by atoms with E-state index < -0.39 is 16.9 Å². The Hall–Kier alpha value is -1.23. The molecule has 100 valence electrons. The monoisotopic (exact) mass is 292 g/mol. The molecule has 1 heterocycles. The van der Waals surface area contributed by atoms with Gasteiger partial charge < -0.3 is 5.11 Å². The molecule has 1 aromatic heterocycles. The van der Waals surface area contributed by atoms with Crippen LogP contribution in [-0.4, -0.2) is 9.32 Å². The summed E-state index contributed by atoms with van der Waals surface area (Å²) in [5.74, 6) is 0. The number of hydrogen-bond acceptors (Lipinski definition) is 3. The second kappa shape index (κ2) is 6.28. The maximum atomic E-state index is 12.5. The van der Waals surface area contributed by atoms with Crippen LogP contribution in [0.25, 0.3) is 0 Å². The van der Waals surface area contributed by atoms with Gasteiger partial charge in [-0.2, -0.15) is 0 Å². The molecule has 2 nitrogen and oxygen atoms in total. The SMILES string of the molecule is C=CC[C@@H](O)c1sccc1S(=O)c1ccc(C)cc1. The Kier molecular flexibility index (Phi) is 4.69. The van der Waals surface area contributed by atoms with E-state index in [-0.39, 0.29) is 0 Å². The van der Waals surface area contributed by atoms with Gasteiger partial charge >= 0.3 is 0 Å². The summed E-state index contributed by atoms with van der Waals surface area (Å²) in [5, 5.41) is 11.9. The predicted octanol–water partition coefficient (Wildman–Crippen LogP) is 3.83. The van der Waals surface area contributed by atoms with E-state index in [1.54, 1.807) is 6.08 Å². The molecule has 0 amide bonds. The quantitative estimate of drug-likeness (QED) is 0.850. The van der Waals surface area contributed by atoms with Crippen LogP contribution >= 0.6 is 11.3 Å². The third kappa shape index (κ3) is 3.21. The van der Waals surface area contributed by atoms with Gasteiger partial charge in [-0.05, 0) is 36.9 Å². The molecule has 0 aliphatic heterocycles. The van der Waals surface area contributed by atoms with Crippen LogP contribution in [0.1, 0.15) is 23.0 Å². The summed E-state index contributed by atoms with van der Waals surface area (Å²) >= 11 is 1.43. The molecule has 1 unspecified atom stereocenters. The Morgan fingerprint density at radius 2 is 2.05 bits per heavy atom. The van der Waals surface area contributed by atoms with Gasteiger partial charge in [-0.25, -0.2) is 4.21 Å². The van der Waals surface area contributed by atoms with Crippen LogP contribution in [0.5, 0.6) is 0 Å². The fourth-order valence-corrected chi connectivity index (χ4v) is 4.15. The third-order valence-corrected chi connectivity index (χ3v) is 5.39. The highest BCUT2D eigenvalue weighted by atomic mass is 32.2. The lowest BCUT2D eigenvalue weighted by atomic mass is 10.2. The summed E-state index contributed by atoms with van der Waals surface area (Å²) < 4.78 is 12.5. The zero-order valence-electron chi connectivity index (χ0n) is 10.7. The van der Waals surface area contributed by atoms with Gasteiger partial charge in [0.25, 0.3) is 0 Å². The smallest absolute Gasteiger partial charge is 0.0928 e. The first-order valence-electron chi connectivity index (χ1n) is 5.98. The highest BCUT2D eigenvalue weighted by molar-refractivity contribution is 7.85. The zero-order chi connectivity index (χ0) is 13.8. The normalized spacial score (nSPS) is 14.0. The Bertz CT molecular complexity index is 584. The molecular formula is C15H16O2S2. The molecule has 19 heavy (non-hydrogen) atoms. The molecule has 0 fully saturated rings. The molecule has 0 spiro atoms. The molecule has 0 aliphatic rings. The molecule has 2 rings (SSSR count). The van der Waals surface area contributed by atoms with E-state index in [0.717, 1.165) is 15.3 Å². The molecule has 2 atom stereocenters. The number of benzene rings is 1. The van der Waals surface area contributed by atoms with Gasteiger partial charge in [0.1, 0.15) is 0 Å². The van der Waals surface area contributed by atoms with Crippen molar-refractivity contribution in [2.24, 2.45) is 0 Å². The number of thiophene rings is 1. The van der Waals surface area contributed by atoms with Crippen LogP contribution in [-0.2, 0) is 10.8 Å². The topological polar surface area (TPSA) is 37.3 Å². The lowest BCUT2D eigenvalue weighted by Gasteiger charge is -2.09. The van der Waals surface area contributed by atoms with Crippen LogP contribution in [0.2, 0.25) is 0 Å². The molecule has 0 bridgehead atoms. The average Bonchev–Trinajstić information content (AvgIpc) is 2.88. The number of aryl methyl sites for hydroxylation is 1. The minimum absolute atomic E-state index is 0.471. The van der Waals surface area contributed by atoms with Crippen LogP contribution < -0.4 is 0 Å². The average molecular weight is 292 g/mol. The number of hydrogen-bond donors (Lipinski definition) is 1. The lowest BCUT2D eigenvalue weighted by Crippen LogP contribution is -2.00. The van der Waals surface area contributed by atoms with E-state index in [1.807, 2.05) is 42.6 Å². The van der Waals surface area contributed by atoms with Crippen molar-refractivity contribution >= 4 is 22.1 Å². The second-order valence-electron chi connectivity index (χ2n) is 4.27. The highest BCUT2D eigenvalue weighted by Gasteiger charge is 2.18. The van der Waals surface area contributed by atoms with Crippen molar-refractivity contribution in [3.8, 4) is 0 Å². The zero-order valence-corrected chi connectivity index (χ0v) is 12.3. The van der Waals surface area contributed by atoms with E-state index in [9.17, 15) is 9.32 Å².